The zero-order valence-corrected chi connectivity index (χ0v) is 25.3. The first-order chi connectivity index (χ1) is 15.3. The molecule has 0 aliphatic rings. The van der Waals surface area contributed by atoms with Crippen molar-refractivity contribution in [2.45, 2.75) is 123 Å². The standard InChI is InChI=1S/C26H59N2O3Si.ClH/c1-9-26(28(4,5)32(29-6,30-7)31-8)27-24-22-20-18-16-14-12-10-11-13-15-17-19-21-23-25(2)3;/h25-27H,9-24H2,1-8H3;1H/q+1;/p-1. The highest BCUT2D eigenvalue weighted by Crippen LogP contribution is 2.23. The number of hydrogen-bond acceptors (Lipinski definition) is 4. The van der Waals surface area contributed by atoms with Crippen LogP contribution in [-0.2, 0) is 13.3 Å². The van der Waals surface area contributed by atoms with Gasteiger partial charge in [-0.2, -0.15) is 0 Å². The Balaban J connectivity index is 0. The molecule has 5 nitrogen and oxygen atoms in total. The fraction of sp³-hybridized carbons (Fsp3) is 1.00. The fourth-order valence-electron chi connectivity index (χ4n) is 4.87. The molecule has 0 saturated heterocycles. The topological polar surface area (TPSA) is 39.7 Å². The highest BCUT2D eigenvalue weighted by Gasteiger charge is 2.62. The van der Waals surface area contributed by atoms with Crippen LogP contribution in [0.1, 0.15) is 117 Å². The van der Waals surface area contributed by atoms with Gasteiger partial charge in [0.05, 0.1) is 14.1 Å². The zero-order chi connectivity index (χ0) is 24.3. The molecule has 0 bridgehead atoms. The normalized spacial score (nSPS) is 13.4. The number of nitrogens with zero attached hydrogens (tertiary/aromatic N) is 1. The molecule has 0 amide bonds. The summed E-state index contributed by atoms with van der Waals surface area (Å²) in [4.78, 5) is 0. The van der Waals surface area contributed by atoms with Gasteiger partial charge in [0.1, 0.15) is 6.17 Å². The number of nitrogens with one attached hydrogen (secondary N) is 1. The van der Waals surface area contributed by atoms with E-state index in [1.807, 2.05) is 0 Å². The molecule has 0 aliphatic heterocycles. The van der Waals surface area contributed by atoms with Crippen LogP contribution in [0.15, 0.2) is 0 Å². The number of hydrogen-bond donors (Lipinski definition) is 1. The molecule has 1 atom stereocenters. The van der Waals surface area contributed by atoms with Crippen molar-refractivity contribution in [2.75, 3.05) is 42.0 Å². The van der Waals surface area contributed by atoms with Crippen LogP contribution in [0.2, 0.25) is 0 Å². The van der Waals surface area contributed by atoms with E-state index >= 15 is 0 Å². The lowest BCUT2D eigenvalue weighted by molar-refractivity contribution is -0.849. The fourth-order valence-corrected chi connectivity index (χ4v) is 7.43. The average Bonchev–Trinajstić information content (AvgIpc) is 2.77. The van der Waals surface area contributed by atoms with Crippen LogP contribution in [0.5, 0.6) is 0 Å². The molecule has 0 radical (unpaired) electrons. The van der Waals surface area contributed by atoms with E-state index in [0.717, 1.165) is 18.9 Å². The quantitative estimate of drug-likeness (QED) is 0.129. The van der Waals surface area contributed by atoms with E-state index in [2.05, 4.69) is 40.2 Å². The number of halogens is 1. The summed E-state index contributed by atoms with van der Waals surface area (Å²) in [6, 6.07) is 0. The highest BCUT2D eigenvalue weighted by atomic mass is 35.5. The Kier molecular flexibility index (Phi) is 23.2. The summed E-state index contributed by atoms with van der Waals surface area (Å²) < 4.78 is 17.8. The van der Waals surface area contributed by atoms with Crippen LogP contribution >= 0.6 is 0 Å². The molecule has 202 valence electrons. The van der Waals surface area contributed by atoms with Crippen molar-refractivity contribution in [3.63, 3.8) is 0 Å². The van der Waals surface area contributed by atoms with Crippen LogP contribution in [0, 0.1) is 5.92 Å². The smallest absolute Gasteiger partial charge is 0.784 e. The summed E-state index contributed by atoms with van der Waals surface area (Å²) >= 11 is 0. The minimum Gasteiger partial charge on any atom is -1.00 e. The molecule has 7 heteroatoms. The van der Waals surface area contributed by atoms with Gasteiger partial charge in [0.2, 0.25) is 0 Å². The van der Waals surface area contributed by atoms with Crippen molar-refractivity contribution in [2.24, 2.45) is 5.92 Å². The third kappa shape index (κ3) is 14.5. The Morgan fingerprint density at radius 1 is 0.667 bits per heavy atom. The zero-order valence-electron chi connectivity index (χ0n) is 23.5. The summed E-state index contributed by atoms with van der Waals surface area (Å²) in [5.74, 6) is 0.875. The molecule has 0 aliphatic carbocycles. The highest BCUT2D eigenvalue weighted by molar-refractivity contribution is 6.52. The van der Waals surface area contributed by atoms with Gasteiger partial charge in [0.25, 0.3) is 0 Å². The molecule has 0 fully saturated rings. The summed E-state index contributed by atoms with van der Waals surface area (Å²) in [6.07, 6.45) is 20.9. The van der Waals surface area contributed by atoms with Gasteiger partial charge in [0, 0.05) is 34.3 Å². The lowest BCUT2D eigenvalue weighted by atomic mass is 10.0. The molecule has 0 aromatic heterocycles. The van der Waals surface area contributed by atoms with E-state index in [1.165, 1.54) is 89.9 Å². The van der Waals surface area contributed by atoms with Crippen molar-refractivity contribution in [1.82, 2.24) is 5.32 Å². The van der Waals surface area contributed by atoms with E-state index in [-0.39, 0.29) is 18.6 Å². The largest absolute Gasteiger partial charge is 1.00 e. The molecule has 1 N–H and O–H groups in total. The second-order valence-corrected chi connectivity index (χ2v) is 13.8. The molecule has 0 aromatic rings. The summed E-state index contributed by atoms with van der Waals surface area (Å²) in [7, 11) is 6.62. The molecule has 0 rings (SSSR count). The van der Waals surface area contributed by atoms with Crippen molar-refractivity contribution >= 4 is 8.97 Å². The van der Waals surface area contributed by atoms with Gasteiger partial charge in [-0.05, 0) is 12.3 Å². The van der Waals surface area contributed by atoms with Crippen LogP contribution in [0.4, 0.5) is 0 Å². The molecule has 0 saturated carbocycles. The third-order valence-corrected chi connectivity index (χ3v) is 10.3. The van der Waals surface area contributed by atoms with Gasteiger partial charge in [-0.25, -0.2) is 0 Å². The first kappa shape index (κ1) is 35.5. The van der Waals surface area contributed by atoms with Crippen LogP contribution < -0.4 is 17.7 Å². The summed E-state index contributed by atoms with van der Waals surface area (Å²) in [5, 5.41) is 3.73. The Morgan fingerprint density at radius 2 is 1.03 bits per heavy atom. The molecule has 1 unspecified atom stereocenters. The second-order valence-electron chi connectivity index (χ2n) is 10.3. The maximum atomic E-state index is 5.75. The molecule has 0 aromatic carbocycles. The van der Waals surface area contributed by atoms with Crippen LogP contribution in [0.3, 0.4) is 0 Å². The predicted molar refractivity (Wildman–Crippen MR) is 140 cm³/mol. The van der Waals surface area contributed by atoms with Crippen molar-refractivity contribution in [3.8, 4) is 0 Å². The lowest BCUT2D eigenvalue weighted by Gasteiger charge is -2.45. The van der Waals surface area contributed by atoms with E-state index < -0.39 is 8.97 Å². The van der Waals surface area contributed by atoms with Crippen molar-refractivity contribution in [3.05, 3.63) is 0 Å². The molecular weight excluding hydrogens is 452 g/mol. The minimum absolute atomic E-state index is 0. The SMILES string of the molecule is CCC(NCCCCCCCCCCCCCCCC(C)C)[N+](C)(C)[Si](OC)(OC)OC.[Cl-]. The molecule has 0 heterocycles. The first-order valence-electron chi connectivity index (χ1n) is 13.5. The second kappa shape index (κ2) is 21.6. The number of rotatable bonds is 23. The average molecular weight is 511 g/mol. The van der Waals surface area contributed by atoms with Crippen LogP contribution in [-0.4, -0.2) is 61.2 Å². The minimum atomic E-state index is -2.77. The van der Waals surface area contributed by atoms with Gasteiger partial charge in [0.15, 0.2) is 0 Å². The Morgan fingerprint density at radius 3 is 1.36 bits per heavy atom. The summed E-state index contributed by atoms with van der Waals surface area (Å²) in [6.45, 7) is 7.92. The Bertz CT molecular complexity index is 416. The predicted octanol–water partition coefficient (Wildman–Crippen LogP) is 3.88. The number of unbranched alkanes of at least 4 members (excludes halogenated alkanes) is 12. The molecule has 33 heavy (non-hydrogen) atoms. The Hall–Kier alpha value is 0.307. The van der Waals surface area contributed by atoms with Crippen molar-refractivity contribution < 1.29 is 29.8 Å². The van der Waals surface area contributed by atoms with Gasteiger partial charge in [-0.15, -0.1) is 0 Å². The van der Waals surface area contributed by atoms with E-state index in [0.29, 0.717) is 4.15 Å². The maximum Gasteiger partial charge on any atom is 0.784 e. The molecular formula is C26H59ClN2O3Si. The van der Waals surface area contributed by atoms with E-state index in [4.69, 9.17) is 13.3 Å². The van der Waals surface area contributed by atoms with E-state index in [1.54, 1.807) is 21.3 Å². The molecule has 0 spiro atoms. The van der Waals surface area contributed by atoms with Gasteiger partial charge >= 0.3 is 8.97 Å². The van der Waals surface area contributed by atoms with Gasteiger partial charge in [-0.3, -0.25) is 5.32 Å². The Labute approximate surface area is 215 Å². The lowest BCUT2D eigenvalue weighted by Crippen LogP contribution is -3.00. The van der Waals surface area contributed by atoms with Gasteiger partial charge < -0.3 is 29.8 Å². The van der Waals surface area contributed by atoms with E-state index in [9.17, 15) is 0 Å². The first-order valence-corrected chi connectivity index (χ1v) is 15.2. The third-order valence-electron chi connectivity index (χ3n) is 6.98. The van der Waals surface area contributed by atoms with Crippen molar-refractivity contribution in [1.29, 1.82) is 0 Å². The monoisotopic (exact) mass is 510 g/mol. The van der Waals surface area contributed by atoms with Crippen LogP contribution in [0.25, 0.3) is 0 Å². The number of quaternary nitrogens is 1. The maximum absolute atomic E-state index is 5.75. The van der Waals surface area contributed by atoms with Gasteiger partial charge in [-0.1, -0.05) is 104 Å². The summed E-state index contributed by atoms with van der Waals surface area (Å²) in [5.41, 5.74) is 0.